The Balaban J connectivity index is 2.20. The van der Waals surface area contributed by atoms with Gasteiger partial charge in [-0.2, -0.15) is 0 Å². The van der Waals surface area contributed by atoms with Gasteiger partial charge in [0.25, 0.3) is 11.5 Å². The molecule has 19 heavy (non-hydrogen) atoms. The summed E-state index contributed by atoms with van der Waals surface area (Å²) in [6, 6.07) is 11.2. The lowest BCUT2D eigenvalue weighted by Gasteiger charge is -2.16. The van der Waals surface area contributed by atoms with Gasteiger partial charge in [-0.15, -0.1) is 0 Å². The molecular formula is C14H13BrN2O2. The van der Waals surface area contributed by atoms with E-state index in [0.29, 0.717) is 11.0 Å². The first kappa shape index (κ1) is 13.5. The first-order chi connectivity index (χ1) is 9.08. The maximum absolute atomic E-state index is 12.2. The fraction of sp³-hybridized carbons (Fsp3) is 0.143. The van der Waals surface area contributed by atoms with Crippen molar-refractivity contribution in [1.82, 2.24) is 9.88 Å². The molecule has 0 aliphatic heterocycles. The molecule has 5 heteroatoms. The van der Waals surface area contributed by atoms with E-state index < -0.39 is 0 Å². The van der Waals surface area contributed by atoms with Crippen LogP contribution in [-0.4, -0.2) is 22.8 Å². The molecule has 0 aliphatic carbocycles. The van der Waals surface area contributed by atoms with E-state index in [-0.39, 0.29) is 17.0 Å². The van der Waals surface area contributed by atoms with E-state index in [1.807, 2.05) is 30.3 Å². The zero-order valence-electron chi connectivity index (χ0n) is 10.4. The maximum Gasteiger partial charge on any atom is 0.260 e. The Morgan fingerprint density at radius 3 is 2.68 bits per heavy atom. The van der Waals surface area contributed by atoms with E-state index in [1.165, 1.54) is 17.2 Å². The number of halogens is 1. The standard InChI is InChI=1S/C14H13BrN2O2/c1-17(9-10-5-3-2-4-6-10)14(19)12-7-11(15)8-16-13(12)18/h2-8H,9H2,1H3,(H,16,18). The molecule has 0 spiro atoms. The summed E-state index contributed by atoms with van der Waals surface area (Å²) in [6.07, 6.45) is 1.51. The SMILES string of the molecule is CN(Cc1ccccc1)C(=O)c1cc(Br)c[nH]c1=O. The summed E-state index contributed by atoms with van der Waals surface area (Å²) in [6.45, 7) is 0.464. The first-order valence-corrected chi connectivity index (χ1v) is 6.55. The Hall–Kier alpha value is -1.88. The van der Waals surface area contributed by atoms with Crippen molar-refractivity contribution in [1.29, 1.82) is 0 Å². The highest BCUT2D eigenvalue weighted by atomic mass is 79.9. The number of pyridine rings is 1. The molecule has 4 nitrogen and oxygen atoms in total. The summed E-state index contributed by atoms with van der Waals surface area (Å²) >= 11 is 3.24. The van der Waals surface area contributed by atoms with Crippen LogP contribution in [0.1, 0.15) is 15.9 Å². The lowest BCUT2D eigenvalue weighted by Crippen LogP contribution is -2.31. The third kappa shape index (κ3) is 3.32. The molecule has 2 aromatic rings. The predicted molar refractivity (Wildman–Crippen MR) is 77.0 cm³/mol. The van der Waals surface area contributed by atoms with Gasteiger partial charge < -0.3 is 9.88 Å². The number of aromatic nitrogens is 1. The molecule has 0 aliphatic rings. The summed E-state index contributed by atoms with van der Waals surface area (Å²) in [5, 5.41) is 0. The highest BCUT2D eigenvalue weighted by Crippen LogP contribution is 2.10. The number of nitrogens with zero attached hydrogens (tertiary/aromatic N) is 1. The largest absolute Gasteiger partial charge is 0.337 e. The van der Waals surface area contributed by atoms with E-state index in [1.54, 1.807) is 7.05 Å². The van der Waals surface area contributed by atoms with Crippen LogP contribution >= 0.6 is 15.9 Å². The summed E-state index contributed by atoms with van der Waals surface area (Å²) in [7, 11) is 1.68. The Morgan fingerprint density at radius 2 is 2.00 bits per heavy atom. The average molecular weight is 321 g/mol. The molecular weight excluding hydrogens is 308 g/mol. The van der Waals surface area contributed by atoms with Gasteiger partial charge in [-0.05, 0) is 27.6 Å². The highest BCUT2D eigenvalue weighted by Gasteiger charge is 2.15. The van der Waals surface area contributed by atoms with E-state index in [4.69, 9.17) is 0 Å². The average Bonchev–Trinajstić information content (AvgIpc) is 2.42. The molecule has 0 atom stereocenters. The van der Waals surface area contributed by atoms with Crippen molar-refractivity contribution in [2.24, 2.45) is 0 Å². The smallest absolute Gasteiger partial charge is 0.260 e. The minimum atomic E-state index is -0.381. The van der Waals surface area contributed by atoms with Gasteiger partial charge in [-0.1, -0.05) is 30.3 Å². The summed E-state index contributed by atoms with van der Waals surface area (Å²) in [4.78, 5) is 27.9. The molecule has 1 aromatic carbocycles. The van der Waals surface area contributed by atoms with Crippen molar-refractivity contribution in [3.63, 3.8) is 0 Å². The van der Waals surface area contributed by atoms with E-state index in [2.05, 4.69) is 20.9 Å². The Morgan fingerprint density at radius 1 is 1.32 bits per heavy atom. The van der Waals surface area contributed by atoms with Crippen LogP contribution in [0.2, 0.25) is 0 Å². The molecule has 1 amide bonds. The lowest BCUT2D eigenvalue weighted by molar-refractivity contribution is 0.0783. The van der Waals surface area contributed by atoms with Crippen molar-refractivity contribution < 1.29 is 4.79 Å². The molecule has 0 unspecified atom stereocenters. The van der Waals surface area contributed by atoms with Crippen molar-refractivity contribution in [2.75, 3.05) is 7.05 Å². The van der Waals surface area contributed by atoms with Gasteiger partial charge in [0.15, 0.2) is 0 Å². The van der Waals surface area contributed by atoms with Crippen LogP contribution in [-0.2, 0) is 6.54 Å². The number of hydrogen-bond acceptors (Lipinski definition) is 2. The molecule has 0 saturated heterocycles. The predicted octanol–water partition coefficient (Wildman–Crippen LogP) is 2.41. The topological polar surface area (TPSA) is 53.2 Å². The van der Waals surface area contributed by atoms with Crippen LogP contribution in [0.5, 0.6) is 0 Å². The van der Waals surface area contributed by atoms with Crippen LogP contribution in [0.25, 0.3) is 0 Å². The molecule has 0 fully saturated rings. The van der Waals surface area contributed by atoms with E-state index in [0.717, 1.165) is 5.56 Å². The highest BCUT2D eigenvalue weighted by molar-refractivity contribution is 9.10. The van der Waals surface area contributed by atoms with E-state index in [9.17, 15) is 9.59 Å². The normalized spacial score (nSPS) is 10.2. The number of H-pyrrole nitrogens is 1. The molecule has 1 heterocycles. The molecule has 1 aromatic heterocycles. The summed E-state index contributed by atoms with van der Waals surface area (Å²) < 4.78 is 0.670. The van der Waals surface area contributed by atoms with Crippen LogP contribution in [0, 0.1) is 0 Å². The van der Waals surface area contributed by atoms with Crippen molar-refractivity contribution >= 4 is 21.8 Å². The number of amides is 1. The van der Waals surface area contributed by atoms with Gasteiger partial charge in [0, 0.05) is 24.3 Å². The van der Waals surface area contributed by atoms with Gasteiger partial charge in [-0.25, -0.2) is 0 Å². The minimum Gasteiger partial charge on any atom is -0.337 e. The lowest BCUT2D eigenvalue weighted by atomic mass is 10.2. The number of carbonyl (C=O) groups excluding carboxylic acids is 1. The second-order valence-electron chi connectivity index (χ2n) is 4.21. The summed E-state index contributed by atoms with van der Waals surface area (Å²) in [5.41, 5.74) is 0.769. The summed E-state index contributed by atoms with van der Waals surface area (Å²) in [5.74, 6) is -0.300. The Kier molecular flexibility index (Phi) is 4.16. The van der Waals surface area contributed by atoms with Crippen LogP contribution in [0.4, 0.5) is 0 Å². The quantitative estimate of drug-likeness (QED) is 0.944. The first-order valence-electron chi connectivity index (χ1n) is 5.75. The van der Waals surface area contributed by atoms with Crippen LogP contribution in [0.15, 0.2) is 51.9 Å². The molecule has 1 N–H and O–H groups in total. The molecule has 2 rings (SSSR count). The number of aromatic amines is 1. The monoisotopic (exact) mass is 320 g/mol. The molecule has 0 saturated carbocycles. The van der Waals surface area contributed by atoms with Crippen molar-refractivity contribution in [3.8, 4) is 0 Å². The number of carbonyl (C=O) groups is 1. The van der Waals surface area contributed by atoms with Gasteiger partial charge in [0.2, 0.25) is 0 Å². The Labute approximate surface area is 119 Å². The molecule has 98 valence electrons. The van der Waals surface area contributed by atoms with Gasteiger partial charge in [-0.3, -0.25) is 9.59 Å². The minimum absolute atomic E-state index is 0.132. The van der Waals surface area contributed by atoms with Gasteiger partial charge in [0.05, 0.1) is 0 Å². The van der Waals surface area contributed by atoms with E-state index >= 15 is 0 Å². The van der Waals surface area contributed by atoms with Crippen molar-refractivity contribution in [3.05, 3.63) is 68.5 Å². The molecule has 0 bridgehead atoms. The van der Waals surface area contributed by atoms with Crippen LogP contribution < -0.4 is 5.56 Å². The number of rotatable bonds is 3. The van der Waals surface area contributed by atoms with Gasteiger partial charge in [0.1, 0.15) is 5.56 Å². The van der Waals surface area contributed by atoms with Gasteiger partial charge >= 0.3 is 0 Å². The zero-order valence-corrected chi connectivity index (χ0v) is 12.0. The Bertz CT molecular complexity index is 637. The second kappa shape index (κ2) is 5.84. The van der Waals surface area contributed by atoms with Crippen LogP contribution in [0.3, 0.4) is 0 Å². The zero-order chi connectivity index (χ0) is 13.8. The fourth-order valence-electron chi connectivity index (χ4n) is 1.75. The second-order valence-corrected chi connectivity index (χ2v) is 5.12. The molecule has 0 radical (unpaired) electrons. The van der Waals surface area contributed by atoms with Crippen molar-refractivity contribution in [2.45, 2.75) is 6.54 Å². The number of nitrogens with one attached hydrogen (secondary N) is 1. The number of hydrogen-bond donors (Lipinski definition) is 1. The third-order valence-corrected chi connectivity index (χ3v) is 3.17. The fourth-order valence-corrected chi connectivity index (χ4v) is 2.09. The maximum atomic E-state index is 12.2. The number of benzene rings is 1. The third-order valence-electron chi connectivity index (χ3n) is 2.71.